The van der Waals surface area contributed by atoms with E-state index in [-0.39, 0.29) is 0 Å². The van der Waals surface area contributed by atoms with Crippen LogP contribution in [0.2, 0.25) is 0 Å². The Morgan fingerprint density at radius 1 is 1.29 bits per heavy atom. The van der Waals surface area contributed by atoms with Gasteiger partial charge in [-0.1, -0.05) is 13.8 Å². The summed E-state index contributed by atoms with van der Waals surface area (Å²) in [6, 6.07) is 0. The van der Waals surface area contributed by atoms with E-state index >= 15 is 0 Å². The fraction of sp³-hybridized carbons (Fsp3) is 0.833. The van der Waals surface area contributed by atoms with Gasteiger partial charge in [0.05, 0.1) is 5.92 Å². The van der Waals surface area contributed by atoms with Crippen LogP contribution in [0.3, 0.4) is 0 Å². The highest BCUT2D eigenvalue weighted by Gasteiger charge is 2.43. The second-order valence-electron chi connectivity index (χ2n) is 4.67. The quantitative estimate of drug-likeness (QED) is 0.763. The van der Waals surface area contributed by atoms with Crippen LogP contribution >= 0.6 is 0 Å². The molecule has 0 aromatic rings. The van der Waals surface area contributed by atoms with E-state index in [1.54, 1.807) is 0 Å². The average molecular weight is 243 g/mol. The lowest BCUT2D eigenvalue weighted by molar-refractivity contribution is -0.157. The summed E-state index contributed by atoms with van der Waals surface area (Å²) < 4.78 is 0. The van der Waals surface area contributed by atoms with E-state index in [4.69, 9.17) is 5.11 Å². The van der Waals surface area contributed by atoms with Gasteiger partial charge >= 0.3 is 11.9 Å². The third-order valence-corrected chi connectivity index (χ3v) is 3.94. The summed E-state index contributed by atoms with van der Waals surface area (Å²) >= 11 is 0. The monoisotopic (exact) mass is 243 g/mol. The fourth-order valence-electron chi connectivity index (χ4n) is 2.70. The van der Waals surface area contributed by atoms with E-state index in [0.717, 1.165) is 6.42 Å². The third-order valence-electron chi connectivity index (χ3n) is 3.94. The molecule has 1 heterocycles. The largest absolute Gasteiger partial charge is 0.481 e. The molecule has 0 aromatic heterocycles. The standard InChI is InChI=1S/C12H21NO4/c1-3-12(4-2,11(16)17)13-7-5-6-9(8-13)10(14)15/h9H,3-8H2,1-2H3,(H,14,15)(H,16,17). The maximum Gasteiger partial charge on any atom is 0.324 e. The molecule has 98 valence electrons. The average Bonchev–Trinajstić information content (AvgIpc) is 2.31. The predicted octanol–water partition coefficient (Wildman–Crippen LogP) is 1.43. The Labute approximate surface area is 101 Å². The number of carboxylic acids is 2. The Kier molecular flexibility index (Phi) is 4.51. The van der Waals surface area contributed by atoms with Gasteiger partial charge in [0, 0.05) is 6.54 Å². The maximum absolute atomic E-state index is 11.5. The smallest absolute Gasteiger partial charge is 0.324 e. The second kappa shape index (κ2) is 5.49. The van der Waals surface area contributed by atoms with Crippen molar-refractivity contribution in [1.29, 1.82) is 0 Å². The predicted molar refractivity (Wildman–Crippen MR) is 62.9 cm³/mol. The summed E-state index contributed by atoms with van der Waals surface area (Å²) in [4.78, 5) is 24.3. The minimum atomic E-state index is -0.895. The van der Waals surface area contributed by atoms with Crippen molar-refractivity contribution in [3.05, 3.63) is 0 Å². The van der Waals surface area contributed by atoms with Gasteiger partial charge in [0.1, 0.15) is 5.54 Å². The molecule has 1 fully saturated rings. The van der Waals surface area contributed by atoms with Gasteiger partial charge in [0.2, 0.25) is 0 Å². The molecule has 0 aliphatic carbocycles. The number of hydrogen-bond acceptors (Lipinski definition) is 3. The molecule has 0 amide bonds. The van der Waals surface area contributed by atoms with Crippen molar-refractivity contribution in [2.24, 2.45) is 5.92 Å². The first-order chi connectivity index (χ1) is 7.97. The van der Waals surface area contributed by atoms with E-state index in [2.05, 4.69) is 0 Å². The number of carboxylic acid groups (broad SMARTS) is 2. The van der Waals surface area contributed by atoms with Gasteiger partial charge in [-0.25, -0.2) is 0 Å². The summed E-state index contributed by atoms with van der Waals surface area (Å²) in [6.45, 7) is 4.73. The zero-order valence-electron chi connectivity index (χ0n) is 10.5. The number of aliphatic carboxylic acids is 2. The number of likely N-dealkylation sites (tertiary alicyclic amines) is 1. The molecule has 1 atom stereocenters. The number of hydrogen-bond donors (Lipinski definition) is 2. The second-order valence-corrected chi connectivity index (χ2v) is 4.67. The molecule has 0 radical (unpaired) electrons. The number of nitrogens with zero attached hydrogens (tertiary/aromatic N) is 1. The van der Waals surface area contributed by atoms with Crippen LogP contribution < -0.4 is 0 Å². The van der Waals surface area contributed by atoms with Gasteiger partial charge in [-0.15, -0.1) is 0 Å². The molecule has 5 heteroatoms. The van der Waals surface area contributed by atoms with Crippen molar-refractivity contribution in [3.63, 3.8) is 0 Å². The van der Waals surface area contributed by atoms with Crippen molar-refractivity contribution in [1.82, 2.24) is 4.90 Å². The van der Waals surface area contributed by atoms with Crippen molar-refractivity contribution in [2.45, 2.75) is 45.1 Å². The zero-order valence-corrected chi connectivity index (χ0v) is 10.5. The Morgan fingerprint density at radius 3 is 2.29 bits per heavy atom. The van der Waals surface area contributed by atoms with Gasteiger partial charge < -0.3 is 10.2 Å². The first kappa shape index (κ1) is 14.0. The summed E-state index contributed by atoms with van der Waals surface area (Å²) in [5.41, 5.74) is -0.895. The molecule has 0 saturated carbocycles. The molecule has 0 aromatic carbocycles. The van der Waals surface area contributed by atoms with Gasteiger partial charge in [0.15, 0.2) is 0 Å². The van der Waals surface area contributed by atoms with Crippen LogP contribution in [0.4, 0.5) is 0 Å². The first-order valence-electron chi connectivity index (χ1n) is 6.19. The van der Waals surface area contributed by atoms with Crippen LogP contribution in [0.25, 0.3) is 0 Å². The van der Waals surface area contributed by atoms with Crippen molar-refractivity contribution in [3.8, 4) is 0 Å². The van der Waals surface area contributed by atoms with Crippen LogP contribution in [0.5, 0.6) is 0 Å². The topological polar surface area (TPSA) is 77.8 Å². The highest BCUT2D eigenvalue weighted by Crippen LogP contribution is 2.30. The maximum atomic E-state index is 11.5. The molecule has 5 nitrogen and oxygen atoms in total. The molecule has 0 bridgehead atoms. The van der Waals surface area contributed by atoms with Crippen LogP contribution in [0.15, 0.2) is 0 Å². The lowest BCUT2D eigenvalue weighted by atomic mass is 9.86. The fourth-order valence-corrected chi connectivity index (χ4v) is 2.70. The minimum Gasteiger partial charge on any atom is -0.481 e. The van der Waals surface area contributed by atoms with Gasteiger partial charge in [-0.3, -0.25) is 14.5 Å². The molecule has 2 N–H and O–H groups in total. The van der Waals surface area contributed by atoms with Crippen LogP contribution in [0.1, 0.15) is 39.5 Å². The van der Waals surface area contributed by atoms with Gasteiger partial charge in [-0.2, -0.15) is 0 Å². The van der Waals surface area contributed by atoms with Crippen LogP contribution in [-0.4, -0.2) is 45.7 Å². The van der Waals surface area contributed by atoms with Crippen molar-refractivity contribution < 1.29 is 19.8 Å². The lowest BCUT2D eigenvalue weighted by Gasteiger charge is -2.43. The Bertz CT molecular complexity index is 299. The third kappa shape index (κ3) is 2.60. The molecular weight excluding hydrogens is 222 g/mol. The zero-order chi connectivity index (χ0) is 13.1. The molecule has 1 aliphatic heterocycles. The molecule has 0 spiro atoms. The van der Waals surface area contributed by atoms with E-state index in [0.29, 0.717) is 32.4 Å². The summed E-state index contributed by atoms with van der Waals surface area (Å²) in [6.07, 6.45) is 2.41. The Hall–Kier alpha value is -1.10. The van der Waals surface area contributed by atoms with E-state index in [1.807, 2.05) is 18.7 Å². The summed E-state index contributed by atoms with van der Waals surface area (Å²) in [7, 11) is 0. The molecule has 1 aliphatic rings. The molecule has 1 rings (SSSR count). The Balaban J connectivity index is 2.88. The molecule has 1 saturated heterocycles. The number of rotatable bonds is 5. The molecular formula is C12H21NO4. The van der Waals surface area contributed by atoms with Gasteiger partial charge in [-0.05, 0) is 32.2 Å². The van der Waals surface area contributed by atoms with E-state index < -0.39 is 23.4 Å². The van der Waals surface area contributed by atoms with E-state index in [9.17, 15) is 14.7 Å². The number of carbonyl (C=O) groups is 2. The van der Waals surface area contributed by atoms with Crippen molar-refractivity contribution >= 4 is 11.9 Å². The number of piperidine rings is 1. The Morgan fingerprint density at radius 2 is 1.88 bits per heavy atom. The normalized spacial score (nSPS) is 22.4. The van der Waals surface area contributed by atoms with Crippen molar-refractivity contribution in [2.75, 3.05) is 13.1 Å². The highest BCUT2D eigenvalue weighted by molar-refractivity contribution is 5.79. The molecule has 17 heavy (non-hydrogen) atoms. The van der Waals surface area contributed by atoms with E-state index in [1.165, 1.54) is 0 Å². The van der Waals surface area contributed by atoms with Crippen LogP contribution in [-0.2, 0) is 9.59 Å². The molecule has 1 unspecified atom stereocenters. The first-order valence-corrected chi connectivity index (χ1v) is 6.19. The highest BCUT2D eigenvalue weighted by atomic mass is 16.4. The van der Waals surface area contributed by atoms with Crippen LogP contribution in [0, 0.1) is 5.92 Å². The summed E-state index contributed by atoms with van der Waals surface area (Å²) in [5, 5.41) is 18.4. The SMILES string of the molecule is CCC(CC)(C(=O)O)N1CCCC(C(=O)O)C1. The van der Waals surface area contributed by atoms with Gasteiger partial charge in [0.25, 0.3) is 0 Å². The lowest BCUT2D eigenvalue weighted by Crippen LogP contribution is -2.57. The minimum absolute atomic E-state index is 0.351. The summed E-state index contributed by atoms with van der Waals surface area (Å²) in [5.74, 6) is -2.09.